The monoisotopic (exact) mass is 251 g/mol. The number of aliphatic hydroxyl groups is 1. The summed E-state index contributed by atoms with van der Waals surface area (Å²) in [6, 6.07) is 5.65. The summed E-state index contributed by atoms with van der Waals surface area (Å²) in [6.45, 7) is 6.48. The molecule has 0 spiro atoms. The van der Waals surface area contributed by atoms with Crippen LogP contribution in [-0.4, -0.2) is 24.2 Å². The maximum atomic E-state index is 11.3. The predicted molar refractivity (Wildman–Crippen MR) is 70.6 cm³/mol. The lowest BCUT2D eigenvalue weighted by atomic mass is 10.1. The standard InChI is InChI=1S/C14H21NO3/c1-4-15-14(17)7-8-18-13-6-5-10(2)9-12(13)11(3)16/h5-6,9,11,16H,4,7-8H2,1-3H3,(H,15,17)/t11-/m1/s1. The zero-order valence-corrected chi connectivity index (χ0v) is 11.2. The highest BCUT2D eigenvalue weighted by Gasteiger charge is 2.10. The Morgan fingerprint density at radius 3 is 2.83 bits per heavy atom. The molecule has 1 amide bonds. The molecular weight excluding hydrogens is 230 g/mol. The molecular formula is C14H21NO3. The molecule has 1 rings (SSSR count). The summed E-state index contributed by atoms with van der Waals surface area (Å²) in [5, 5.41) is 12.4. The van der Waals surface area contributed by atoms with Gasteiger partial charge in [0.25, 0.3) is 0 Å². The van der Waals surface area contributed by atoms with Gasteiger partial charge in [-0.2, -0.15) is 0 Å². The minimum atomic E-state index is -0.579. The maximum absolute atomic E-state index is 11.3. The Morgan fingerprint density at radius 1 is 1.50 bits per heavy atom. The molecule has 0 saturated carbocycles. The summed E-state index contributed by atoms with van der Waals surface area (Å²) in [4.78, 5) is 11.3. The molecule has 100 valence electrons. The number of aliphatic hydroxyl groups excluding tert-OH is 1. The van der Waals surface area contributed by atoms with Crippen LogP contribution in [0.1, 0.15) is 37.5 Å². The second-order valence-corrected chi connectivity index (χ2v) is 4.27. The molecule has 1 aromatic rings. The van der Waals surface area contributed by atoms with E-state index in [1.165, 1.54) is 0 Å². The summed E-state index contributed by atoms with van der Waals surface area (Å²) < 4.78 is 5.55. The van der Waals surface area contributed by atoms with E-state index in [1.807, 2.05) is 32.0 Å². The Bertz CT molecular complexity index is 402. The number of rotatable bonds is 6. The van der Waals surface area contributed by atoms with E-state index in [9.17, 15) is 9.90 Å². The molecule has 0 fully saturated rings. The minimum Gasteiger partial charge on any atom is -0.493 e. The number of carbonyl (C=O) groups is 1. The van der Waals surface area contributed by atoms with Crippen molar-refractivity contribution >= 4 is 5.91 Å². The first-order valence-corrected chi connectivity index (χ1v) is 6.22. The normalized spacial score (nSPS) is 12.0. The lowest BCUT2D eigenvalue weighted by Gasteiger charge is -2.14. The second kappa shape index (κ2) is 7.01. The van der Waals surface area contributed by atoms with Gasteiger partial charge in [0.05, 0.1) is 19.1 Å². The predicted octanol–water partition coefficient (Wildman–Crippen LogP) is 1.95. The van der Waals surface area contributed by atoms with Gasteiger partial charge in [-0.05, 0) is 32.9 Å². The van der Waals surface area contributed by atoms with Crippen LogP contribution in [-0.2, 0) is 4.79 Å². The Hall–Kier alpha value is -1.55. The molecule has 0 bridgehead atoms. The first-order valence-electron chi connectivity index (χ1n) is 6.22. The smallest absolute Gasteiger partial charge is 0.223 e. The van der Waals surface area contributed by atoms with Crippen molar-refractivity contribution in [3.63, 3.8) is 0 Å². The summed E-state index contributed by atoms with van der Waals surface area (Å²) in [6.07, 6.45) is -0.259. The molecule has 0 aromatic heterocycles. The van der Waals surface area contributed by atoms with E-state index in [4.69, 9.17) is 4.74 Å². The van der Waals surface area contributed by atoms with Crippen LogP contribution in [0, 0.1) is 6.92 Å². The molecule has 0 heterocycles. The lowest BCUT2D eigenvalue weighted by Crippen LogP contribution is -2.24. The van der Waals surface area contributed by atoms with Gasteiger partial charge in [-0.15, -0.1) is 0 Å². The quantitative estimate of drug-likeness (QED) is 0.812. The van der Waals surface area contributed by atoms with E-state index in [1.54, 1.807) is 6.92 Å². The van der Waals surface area contributed by atoms with Gasteiger partial charge in [-0.1, -0.05) is 11.6 Å². The van der Waals surface area contributed by atoms with Crippen LogP contribution in [0.15, 0.2) is 18.2 Å². The van der Waals surface area contributed by atoms with Crippen molar-refractivity contribution in [3.8, 4) is 5.75 Å². The summed E-state index contributed by atoms with van der Waals surface area (Å²) in [5.41, 5.74) is 1.83. The van der Waals surface area contributed by atoms with Gasteiger partial charge in [0.15, 0.2) is 0 Å². The molecule has 0 radical (unpaired) electrons. The van der Waals surface area contributed by atoms with Gasteiger partial charge in [0.1, 0.15) is 5.75 Å². The molecule has 2 N–H and O–H groups in total. The largest absolute Gasteiger partial charge is 0.493 e. The summed E-state index contributed by atoms with van der Waals surface area (Å²) >= 11 is 0. The third-order valence-corrected chi connectivity index (χ3v) is 2.58. The Morgan fingerprint density at radius 2 is 2.22 bits per heavy atom. The van der Waals surface area contributed by atoms with E-state index in [0.717, 1.165) is 11.1 Å². The van der Waals surface area contributed by atoms with Crippen molar-refractivity contribution in [2.75, 3.05) is 13.2 Å². The maximum Gasteiger partial charge on any atom is 0.223 e. The van der Waals surface area contributed by atoms with Gasteiger partial charge in [0, 0.05) is 12.1 Å². The number of benzene rings is 1. The fraction of sp³-hybridized carbons (Fsp3) is 0.500. The molecule has 0 saturated heterocycles. The van der Waals surface area contributed by atoms with Gasteiger partial charge < -0.3 is 15.2 Å². The molecule has 4 heteroatoms. The van der Waals surface area contributed by atoms with Crippen LogP contribution in [0.3, 0.4) is 0 Å². The van der Waals surface area contributed by atoms with E-state index in [0.29, 0.717) is 25.3 Å². The molecule has 1 atom stereocenters. The highest BCUT2D eigenvalue weighted by Crippen LogP contribution is 2.26. The van der Waals surface area contributed by atoms with Crippen LogP contribution in [0.5, 0.6) is 5.75 Å². The number of hydrogen-bond acceptors (Lipinski definition) is 3. The zero-order chi connectivity index (χ0) is 13.5. The average Bonchev–Trinajstić information content (AvgIpc) is 2.31. The average molecular weight is 251 g/mol. The van der Waals surface area contributed by atoms with E-state index < -0.39 is 6.10 Å². The van der Waals surface area contributed by atoms with Crippen LogP contribution < -0.4 is 10.1 Å². The van der Waals surface area contributed by atoms with E-state index in [2.05, 4.69) is 5.32 Å². The van der Waals surface area contributed by atoms with E-state index >= 15 is 0 Å². The van der Waals surface area contributed by atoms with Crippen molar-refractivity contribution in [3.05, 3.63) is 29.3 Å². The number of carbonyl (C=O) groups excluding carboxylic acids is 1. The van der Waals surface area contributed by atoms with Crippen LogP contribution >= 0.6 is 0 Å². The third-order valence-electron chi connectivity index (χ3n) is 2.58. The number of hydrogen-bond donors (Lipinski definition) is 2. The number of amides is 1. The van der Waals surface area contributed by atoms with Gasteiger partial charge in [-0.3, -0.25) is 4.79 Å². The fourth-order valence-electron chi connectivity index (χ4n) is 1.67. The number of ether oxygens (including phenoxy) is 1. The van der Waals surface area contributed by atoms with Crippen molar-refractivity contribution in [2.24, 2.45) is 0 Å². The summed E-state index contributed by atoms with van der Waals surface area (Å²) in [7, 11) is 0. The van der Waals surface area contributed by atoms with Gasteiger partial charge in [-0.25, -0.2) is 0 Å². The minimum absolute atomic E-state index is 0.0248. The fourth-order valence-corrected chi connectivity index (χ4v) is 1.67. The van der Waals surface area contributed by atoms with Crippen LogP contribution in [0.4, 0.5) is 0 Å². The van der Waals surface area contributed by atoms with Crippen molar-refractivity contribution < 1.29 is 14.6 Å². The SMILES string of the molecule is CCNC(=O)CCOc1ccc(C)cc1[C@@H](C)O. The van der Waals surface area contributed by atoms with Crippen molar-refractivity contribution in [1.29, 1.82) is 0 Å². The highest BCUT2D eigenvalue weighted by molar-refractivity contribution is 5.75. The van der Waals surface area contributed by atoms with Gasteiger partial charge in [0.2, 0.25) is 5.91 Å². The first-order chi connectivity index (χ1) is 8.54. The van der Waals surface area contributed by atoms with E-state index in [-0.39, 0.29) is 5.91 Å². The Kier molecular flexibility index (Phi) is 5.65. The lowest BCUT2D eigenvalue weighted by molar-refractivity contribution is -0.121. The Labute approximate surface area is 108 Å². The molecule has 0 aliphatic heterocycles. The molecule has 0 aliphatic rings. The topological polar surface area (TPSA) is 58.6 Å². The molecule has 0 unspecified atom stereocenters. The number of aryl methyl sites for hydroxylation is 1. The number of nitrogens with one attached hydrogen (secondary N) is 1. The molecule has 4 nitrogen and oxygen atoms in total. The third kappa shape index (κ3) is 4.37. The second-order valence-electron chi connectivity index (χ2n) is 4.27. The Balaban J connectivity index is 2.59. The zero-order valence-electron chi connectivity index (χ0n) is 11.2. The molecule has 18 heavy (non-hydrogen) atoms. The van der Waals surface area contributed by atoms with Crippen molar-refractivity contribution in [2.45, 2.75) is 33.3 Å². The molecule has 1 aromatic carbocycles. The first kappa shape index (κ1) is 14.5. The summed E-state index contributed by atoms with van der Waals surface area (Å²) in [5.74, 6) is 0.614. The molecule has 0 aliphatic carbocycles. The van der Waals surface area contributed by atoms with Gasteiger partial charge >= 0.3 is 0 Å². The highest BCUT2D eigenvalue weighted by atomic mass is 16.5. The van der Waals surface area contributed by atoms with Crippen molar-refractivity contribution in [1.82, 2.24) is 5.32 Å². The van der Waals surface area contributed by atoms with Crippen LogP contribution in [0.25, 0.3) is 0 Å². The van der Waals surface area contributed by atoms with Crippen LogP contribution in [0.2, 0.25) is 0 Å².